The Morgan fingerprint density at radius 3 is 2.64 bits per heavy atom. The van der Waals surface area contributed by atoms with E-state index >= 15 is 0 Å². The molecule has 33 heavy (non-hydrogen) atoms. The SMILES string of the molecule is CNC(=O)c1ccccc1N[C@H](C)c1cc(C)cc2c(=O)n3c(nc12)C1(CC3)CC(F)(F)C1. The predicted octanol–water partition coefficient (Wildman–Crippen LogP) is 4.31. The summed E-state index contributed by atoms with van der Waals surface area (Å²) in [6, 6.07) is 10.7. The summed E-state index contributed by atoms with van der Waals surface area (Å²) in [4.78, 5) is 30.5. The maximum Gasteiger partial charge on any atom is 0.261 e. The number of para-hydroxylation sites is 1. The number of hydrogen-bond donors (Lipinski definition) is 2. The molecule has 1 aromatic heterocycles. The number of amides is 1. The number of halogens is 2. The molecule has 8 heteroatoms. The first-order valence-corrected chi connectivity index (χ1v) is 11.2. The molecular weight excluding hydrogens is 426 g/mol. The molecule has 5 rings (SSSR count). The van der Waals surface area contributed by atoms with E-state index in [4.69, 9.17) is 4.98 Å². The zero-order chi connectivity index (χ0) is 23.5. The lowest BCUT2D eigenvalue weighted by Gasteiger charge is -2.43. The Morgan fingerprint density at radius 1 is 1.21 bits per heavy atom. The van der Waals surface area contributed by atoms with Crippen LogP contribution < -0.4 is 16.2 Å². The standard InChI is InChI=1S/C25H26F2N4O2/c1-14-10-17(15(2)29-19-7-5-4-6-16(19)21(32)28-3)20-18(11-14)22(33)31-9-8-24(23(31)30-20)12-25(26,27)13-24/h4-7,10-11,15,29H,8-9,12-13H2,1-3H3,(H,28,32)/t15-/m1/s1. The van der Waals surface area contributed by atoms with Crippen molar-refractivity contribution in [1.82, 2.24) is 14.9 Å². The first-order valence-electron chi connectivity index (χ1n) is 11.2. The zero-order valence-electron chi connectivity index (χ0n) is 18.8. The quantitative estimate of drug-likeness (QED) is 0.619. The van der Waals surface area contributed by atoms with Gasteiger partial charge in [0.15, 0.2) is 0 Å². The summed E-state index contributed by atoms with van der Waals surface area (Å²) in [7, 11) is 1.58. The molecule has 1 amide bonds. The monoisotopic (exact) mass is 452 g/mol. The number of nitrogens with one attached hydrogen (secondary N) is 2. The minimum absolute atomic E-state index is 0.176. The molecule has 0 unspecified atom stereocenters. The van der Waals surface area contributed by atoms with Gasteiger partial charge in [-0.1, -0.05) is 18.2 Å². The molecular formula is C25H26F2N4O2. The number of fused-ring (bicyclic) bond motifs is 3. The van der Waals surface area contributed by atoms with Gasteiger partial charge in [0.05, 0.1) is 22.5 Å². The van der Waals surface area contributed by atoms with Gasteiger partial charge in [-0.3, -0.25) is 14.2 Å². The van der Waals surface area contributed by atoms with Gasteiger partial charge in [0.1, 0.15) is 5.82 Å². The summed E-state index contributed by atoms with van der Waals surface area (Å²) in [5.74, 6) is -2.42. The summed E-state index contributed by atoms with van der Waals surface area (Å²) >= 11 is 0. The first-order chi connectivity index (χ1) is 15.6. The average molecular weight is 453 g/mol. The Morgan fingerprint density at radius 2 is 1.94 bits per heavy atom. The minimum Gasteiger partial charge on any atom is -0.378 e. The molecule has 1 spiro atoms. The number of anilines is 1. The fraction of sp³-hybridized carbons (Fsp3) is 0.400. The molecule has 1 aliphatic carbocycles. The molecule has 172 valence electrons. The van der Waals surface area contributed by atoms with E-state index in [1.54, 1.807) is 23.7 Å². The molecule has 3 aromatic rings. The van der Waals surface area contributed by atoms with Gasteiger partial charge in [0, 0.05) is 43.1 Å². The molecule has 2 aromatic carbocycles. The first kappa shape index (κ1) is 21.6. The maximum atomic E-state index is 13.8. The van der Waals surface area contributed by atoms with Crippen LogP contribution in [-0.2, 0) is 12.0 Å². The maximum absolute atomic E-state index is 13.8. The van der Waals surface area contributed by atoms with Crippen molar-refractivity contribution < 1.29 is 13.6 Å². The van der Waals surface area contributed by atoms with Crippen molar-refractivity contribution in [3.8, 4) is 0 Å². The van der Waals surface area contributed by atoms with Gasteiger partial charge in [-0.2, -0.15) is 0 Å². The Balaban J connectivity index is 1.61. The van der Waals surface area contributed by atoms with Gasteiger partial charge in [0.25, 0.3) is 11.5 Å². The van der Waals surface area contributed by atoms with E-state index in [0.717, 1.165) is 11.1 Å². The largest absolute Gasteiger partial charge is 0.378 e. The molecule has 1 atom stereocenters. The van der Waals surface area contributed by atoms with Crippen LogP contribution in [0.5, 0.6) is 0 Å². The Kier molecular flexibility index (Phi) is 4.81. The summed E-state index contributed by atoms with van der Waals surface area (Å²) < 4.78 is 29.2. The molecule has 1 aliphatic heterocycles. The van der Waals surface area contributed by atoms with Gasteiger partial charge in [0.2, 0.25) is 5.92 Å². The molecule has 0 radical (unpaired) electrons. The molecule has 2 N–H and O–H groups in total. The van der Waals surface area contributed by atoms with E-state index in [-0.39, 0.29) is 30.3 Å². The Hall–Kier alpha value is -3.29. The summed E-state index contributed by atoms with van der Waals surface area (Å²) in [5.41, 5.74) is 2.51. The van der Waals surface area contributed by atoms with Crippen LogP contribution in [0.15, 0.2) is 41.2 Å². The molecule has 1 fully saturated rings. The van der Waals surface area contributed by atoms with Gasteiger partial charge < -0.3 is 10.6 Å². The molecule has 6 nitrogen and oxygen atoms in total. The predicted molar refractivity (Wildman–Crippen MR) is 123 cm³/mol. The van der Waals surface area contributed by atoms with Crippen molar-refractivity contribution in [3.63, 3.8) is 0 Å². The highest BCUT2D eigenvalue weighted by atomic mass is 19.3. The average Bonchev–Trinajstić information content (AvgIpc) is 3.11. The highest BCUT2D eigenvalue weighted by Gasteiger charge is 2.61. The van der Waals surface area contributed by atoms with Crippen LogP contribution in [0.3, 0.4) is 0 Å². The Bertz CT molecular complexity index is 1340. The highest BCUT2D eigenvalue weighted by molar-refractivity contribution is 5.99. The van der Waals surface area contributed by atoms with Crippen LogP contribution in [-0.4, -0.2) is 28.4 Å². The van der Waals surface area contributed by atoms with Gasteiger partial charge in [-0.15, -0.1) is 0 Å². The second-order valence-corrected chi connectivity index (χ2v) is 9.37. The smallest absolute Gasteiger partial charge is 0.261 e. The number of nitrogens with zero attached hydrogens (tertiary/aromatic N) is 2. The number of alkyl halides is 2. The number of carbonyl (C=O) groups excluding carboxylic acids is 1. The van der Waals surface area contributed by atoms with Crippen LogP contribution >= 0.6 is 0 Å². The second kappa shape index (κ2) is 7.37. The molecule has 0 bridgehead atoms. The Labute approximate surface area is 190 Å². The number of aryl methyl sites for hydroxylation is 1. The molecule has 2 heterocycles. The van der Waals surface area contributed by atoms with Crippen LogP contribution in [0.1, 0.15) is 59.5 Å². The third-order valence-electron chi connectivity index (χ3n) is 6.95. The van der Waals surface area contributed by atoms with Gasteiger partial charge in [-0.05, 0) is 44.0 Å². The van der Waals surface area contributed by atoms with Gasteiger partial charge in [-0.25, -0.2) is 13.8 Å². The summed E-state index contributed by atoms with van der Waals surface area (Å²) in [6.07, 6.45) is 0.00166. The van der Waals surface area contributed by atoms with Crippen LogP contribution in [0, 0.1) is 6.92 Å². The third-order valence-corrected chi connectivity index (χ3v) is 6.95. The van der Waals surface area contributed by atoms with Crippen molar-refractivity contribution in [2.45, 2.75) is 57.0 Å². The number of benzene rings is 2. The van der Waals surface area contributed by atoms with Crippen molar-refractivity contribution in [2.75, 3.05) is 12.4 Å². The lowest BCUT2D eigenvalue weighted by Crippen LogP contribution is -2.49. The molecule has 2 aliphatic rings. The van der Waals surface area contributed by atoms with E-state index in [1.165, 1.54) is 0 Å². The fourth-order valence-electron chi connectivity index (χ4n) is 5.41. The summed E-state index contributed by atoms with van der Waals surface area (Å²) in [6.45, 7) is 4.28. The molecule has 0 saturated heterocycles. The lowest BCUT2D eigenvalue weighted by molar-refractivity contribution is -0.127. The zero-order valence-corrected chi connectivity index (χ0v) is 18.8. The minimum atomic E-state index is -2.70. The van der Waals surface area contributed by atoms with Crippen molar-refractivity contribution in [1.29, 1.82) is 0 Å². The van der Waals surface area contributed by atoms with Crippen molar-refractivity contribution in [3.05, 3.63) is 69.3 Å². The van der Waals surface area contributed by atoms with Crippen LogP contribution in [0.2, 0.25) is 0 Å². The topological polar surface area (TPSA) is 76.0 Å². The van der Waals surface area contributed by atoms with E-state index in [1.807, 2.05) is 38.1 Å². The van der Waals surface area contributed by atoms with Crippen LogP contribution in [0.25, 0.3) is 10.9 Å². The molecule has 1 saturated carbocycles. The lowest BCUT2D eigenvalue weighted by atomic mass is 9.65. The number of hydrogen-bond acceptors (Lipinski definition) is 4. The van der Waals surface area contributed by atoms with Gasteiger partial charge >= 0.3 is 0 Å². The normalized spacial score (nSPS) is 18.6. The van der Waals surface area contributed by atoms with Crippen molar-refractivity contribution >= 4 is 22.5 Å². The number of carbonyl (C=O) groups is 1. The van der Waals surface area contributed by atoms with Crippen LogP contribution in [0.4, 0.5) is 14.5 Å². The fourth-order valence-corrected chi connectivity index (χ4v) is 5.41. The van der Waals surface area contributed by atoms with E-state index in [9.17, 15) is 18.4 Å². The highest BCUT2D eigenvalue weighted by Crippen LogP contribution is 2.57. The summed E-state index contributed by atoms with van der Waals surface area (Å²) in [5, 5.41) is 6.51. The van der Waals surface area contributed by atoms with E-state index in [2.05, 4.69) is 10.6 Å². The number of rotatable bonds is 4. The second-order valence-electron chi connectivity index (χ2n) is 9.37. The third kappa shape index (κ3) is 3.39. The number of aromatic nitrogens is 2. The van der Waals surface area contributed by atoms with E-state index < -0.39 is 11.3 Å². The van der Waals surface area contributed by atoms with Crippen molar-refractivity contribution in [2.24, 2.45) is 0 Å². The van der Waals surface area contributed by atoms with E-state index in [0.29, 0.717) is 40.9 Å².